The van der Waals surface area contributed by atoms with Gasteiger partial charge in [-0.25, -0.2) is 18.5 Å². The van der Waals surface area contributed by atoms with E-state index in [0.717, 1.165) is 6.07 Å². The van der Waals surface area contributed by atoms with Crippen molar-refractivity contribution in [2.75, 3.05) is 5.32 Å². The van der Waals surface area contributed by atoms with Gasteiger partial charge in [0.2, 0.25) is 16.0 Å². The molecule has 0 aliphatic carbocycles. The molecule has 1 amide bonds. The maximum Gasteiger partial charge on any atom is 0.274 e. The molecule has 1 aromatic carbocycles. The second kappa shape index (κ2) is 5.35. The fourth-order valence-corrected chi connectivity index (χ4v) is 2.04. The molecule has 0 aliphatic rings. The van der Waals surface area contributed by atoms with Crippen LogP contribution in [-0.4, -0.2) is 19.3 Å². The van der Waals surface area contributed by atoms with Crippen LogP contribution in [0.5, 0.6) is 0 Å². The number of benzene rings is 1. The van der Waals surface area contributed by atoms with E-state index in [-0.39, 0.29) is 16.3 Å². The van der Waals surface area contributed by atoms with Gasteiger partial charge in [0.1, 0.15) is 5.69 Å². The van der Waals surface area contributed by atoms with Crippen LogP contribution in [0.4, 0.5) is 10.1 Å². The largest absolute Gasteiger partial charge is 0.321 e. The summed E-state index contributed by atoms with van der Waals surface area (Å²) in [6.07, 6.45) is 0. The number of hydrogen-bond acceptors (Lipinski definition) is 4. The highest BCUT2D eigenvalue weighted by Crippen LogP contribution is 2.14. The number of halogens is 1. The van der Waals surface area contributed by atoms with E-state index in [1.807, 2.05) is 0 Å². The van der Waals surface area contributed by atoms with E-state index in [1.165, 1.54) is 36.4 Å². The molecule has 8 heteroatoms. The normalized spacial score (nSPS) is 11.1. The molecule has 2 aromatic rings. The minimum atomic E-state index is -3.86. The summed E-state index contributed by atoms with van der Waals surface area (Å²) in [5, 5.41) is 7.39. The van der Waals surface area contributed by atoms with E-state index in [2.05, 4.69) is 10.3 Å². The monoisotopic (exact) mass is 295 g/mol. The number of nitrogens with two attached hydrogens (primary N) is 1. The number of rotatable bonds is 3. The average molecular weight is 295 g/mol. The number of nitrogens with one attached hydrogen (secondary N) is 1. The predicted octanol–water partition coefficient (Wildman–Crippen LogP) is 1.12. The van der Waals surface area contributed by atoms with Gasteiger partial charge in [0.25, 0.3) is 5.91 Å². The minimum absolute atomic E-state index is 0.119. The number of carbonyl (C=O) groups is 1. The van der Waals surface area contributed by atoms with E-state index in [4.69, 9.17) is 5.14 Å². The number of pyridine rings is 1. The van der Waals surface area contributed by atoms with Crippen molar-refractivity contribution in [1.82, 2.24) is 4.98 Å². The van der Waals surface area contributed by atoms with E-state index in [9.17, 15) is 17.6 Å². The summed E-state index contributed by atoms with van der Waals surface area (Å²) in [5.41, 5.74) is 0.0959. The number of carbonyl (C=O) groups excluding carboxylic acids is 1. The second-order valence-electron chi connectivity index (χ2n) is 3.87. The SMILES string of the molecule is NS(=O)(=O)c1cccc(NC(=O)c2cccc(F)n2)c1. The van der Waals surface area contributed by atoms with Crippen LogP contribution in [0, 0.1) is 5.95 Å². The fraction of sp³-hybridized carbons (Fsp3) is 0. The molecule has 0 unspecified atom stereocenters. The lowest BCUT2D eigenvalue weighted by Gasteiger charge is -2.06. The smallest absolute Gasteiger partial charge is 0.274 e. The van der Waals surface area contributed by atoms with Crippen LogP contribution < -0.4 is 10.5 Å². The highest BCUT2D eigenvalue weighted by atomic mass is 32.2. The van der Waals surface area contributed by atoms with Crippen molar-refractivity contribution >= 4 is 21.6 Å². The van der Waals surface area contributed by atoms with Crippen LogP contribution >= 0.6 is 0 Å². The second-order valence-corrected chi connectivity index (χ2v) is 5.43. The molecule has 0 spiro atoms. The van der Waals surface area contributed by atoms with Gasteiger partial charge in [-0.3, -0.25) is 4.79 Å². The molecule has 20 heavy (non-hydrogen) atoms. The zero-order valence-electron chi connectivity index (χ0n) is 10.1. The minimum Gasteiger partial charge on any atom is -0.321 e. The first kappa shape index (κ1) is 14.1. The van der Waals surface area contributed by atoms with Gasteiger partial charge in [0.15, 0.2) is 0 Å². The molecule has 2 rings (SSSR count). The van der Waals surface area contributed by atoms with Crippen molar-refractivity contribution in [3.8, 4) is 0 Å². The number of sulfonamides is 1. The van der Waals surface area contributed by atoms with Crippen LogP contribution in [0.25, 0.3) is 0 Å². The number of aromatic nitrogens is 1. The molecular formula is C12H10FN3O3S. The maximum atomic E-state index is 12.9. The summed E-state index contributed by atoms with van der Waals surface area (Å²) < 4.78 is 35.3. The number of hydrogen-bond donors (Lipinski definition) is 2. The Morgan fingerprint density at radius 2 is 1.90 bits per heavy atom. The van der Waals surface area contributed by atoms with Gasteiger partial charge in [-0.2, -0.15) is 4.39 Å². The zero-order valence-corrected chi connectivity index (χ0v) is 10.9. The summed E-state index contributed by atoms with van der Waals surface area (Å²) in [6, 6.07) is 9.19. The van der Waals surface area contributed by atoms with Crippen molar-refractivity contribution in [3.05, 3.63) is 54.1 Å². The van der Waals surface area contributed by atoms with Crippen molar-refractivity contribution < 1.29 is 17.6 Å². The van der Waals surface area contributed by atoms with Crippen LogP contribution in [-0.2, 0) is 10.0 Å². The molecule has 0 atom stereocenters. The third-order valence-corrected chi connectivity index (χ3v) is 3.28. The predicted molar refractivity (Wildman–Crippen MR) is 70.0 cm³/mol. The van der Waals surface area contributed by atoms with E-state index >= 15 is 0 Å². The topological polar surface area (TPSA) is 102 Å². The molecule has 0 saturated heterocycles. The number of anilines is 1. The first-order valence-electron chi connectivity index (χ1n) is 5.43. The zero-order chi connectivity index (χ0) is 14.8. The van der Waals surface area contributed by atoms with Crippen LogP contribution in [0.3, 0.4) is 0 Å². The van der Waals surface area contributed by atoms with Crippen LogP contribution in [0.15, 0.2) is 47.4 Å². The molecule has 0 radical (unpaired) electrons. The van der Waals surface area contributed by atoms with Crippen LogP contribution in [0.2, 0.25) is 0 Å². The summed E-state index contributed by atoms with van der Waals surface area (Å²) in [6.45, 7) is 0. The molecule has 104 valence electrons. The van der Waals surface area contributed by atoms with Gasteiger partial charge in [-0.15, -0.1) is 0 Å². The van der Waals surface area contributed by atoms with Crippen LogP contribution in [0.1, 0.15) is 10.5 Å². The summed E-state index contributed by atoms with van der Waals surface area (Å²) in [4.78, 5) is 15.1. The van der Waals surface area contributed by atoms with Gasteiger partial charge < -0.3 is 5.32 Å². The summed E-state index contributed by atoms with van der Waals surface area (Å²) >= 11 is 0. The standard InChI is InChI=1S/C12H10FN3O3S/c13-11-6-2-5-10(16-11)12(17)15-8-3-1-4-9(7-8)20(14,18)19/h1-7H,(H,15,17)(H2,14,18,19). The third kappa shape index (κ3) is 3.37. The molecule has 0 bridgehead atoms. The van der Waals surface area contributed by atoms with Crippen molar-refractivity contribution in [2.24, 2.45) is 5.14 Å². The van der Waals surface area contributed by atoms with Crippen molar-refractivity contribution in [2.45, 2.75) is 4.90 Å². The molecule has 1 aromatic heterocycles. The van der Waals surface area contributed by atoms with Gasteiger partial charge in [0, 0.05) is 5.69 Å². The Hall–Kier alpha value is -2.32. The first-order chi connectivity index (χ1) is 9.36. The van der Waals surface area contributed by atoms with E-state index < -0.39 is 21.9 Å². The summed E-state index contributed by atoms with van der Waals surface area (Å²) in [5.74, 6) is -1.44. The molecule has 0 fully saturated rings. The van der Waals surface area contributed by atoms with Gasteiger partial charge >= 0.3 is 0 Å². The van der Waals surface area contributed by atoms with E-state index in [0.29, 0.717) is 0 Å². The lowest BCUT2D eigenvalue weighted by Crippen LogP contribution is -2.16. The molecule has 0 aliphatic heterocycles. The Bertz CT molecular complexity index is 762. The Labute approximate surface area is 114 Å². The lowest BCUT2D eigenvalue weighted by atomic mass is 10.3. The quantitative estimate of drug-likeness (QED) is 0.828. The maximum absolute atomic E-state index is 12.9. The van der Waals surface area contributed by atoms with Crippen molar-refractivity contribution in [3.63, 3.8) is 0 Å². The number of nitrogens with zero attached hydrogens (tertiary/aromatic N) is 1. The average Bonchev–Trinajstić information content (AvgIpc) is 2.38. The molecule has 1 heterocycles. The first-order valence-corrected chi connectivity index (χ1v) is 6.98. The summed E-state index contributed by atoms with van der Waals surface area (Å²) in [7, 11) is -3.86. The highest BCUT2D eigenvalue weighted by Gasteiger charge is 2.11. The number of primary sulfonamides is 1. The third-order valence-electron chi connectivity index (χ3n) is 2.37. The highest BCUT2D eigenvalue weighted by molar-refractivity contribution is 7.89. The Kier molecular flexibility index (Phi) is 3.77. The fourth-order valence-electron chi connectivity index (χ4n) is 1.48. The molecule has 6 nitrogen and oxygen atoms in total. The molecular weight excluding hydrogens is 285 g/mol. The van der Waals surface area contributed by atoms with Crippen molar-refractivity contribution in [1.29, 1.82) is 0 Å². The Balaban J connectivity index is 2.25. The molecule has 0 saturated carbocycles. The van der Waals surface area contributed by atoms with Gasteiger partial charge in [-0.05, 0) is 30.3 Å². The molecule has 3 N–H and O–H groups in total. The Morgan fingerprint density at radius 1 is 1.20 bits per heavy atom. The van der Waals surface area contributed by atoms with Gasteiger partial charge in [0.05, 0.1) is 4.90 Å². The van der Waals surface area contributed by atoms with Gasteiger partial charge in [-0.1, -0.05) is 12.1 Å². The number of amides is 1. The Morgan fingerprint density at radius 3 is 2.55 bits per heavy atom. The lowest BCUT2D eigenvalue weighted by molar-refractivity contribution is 0.102. The van der Waals surface area contributed by atoms with E-state index in [1.54, 1.807) is 0 Å².